The van der Waals surface area contributed by atoms with Crippen LogP contribution in [0.1, 0.15) is 40.1 Å². The van der Waals surface area contributed by atoms with E-state index in [0.29, 0.717) is 16.8 Å². The Morgan fingerprint density at radius 2 is 1.87 bits per heavy atom. The average Bonchev–Trinajstić information content (AvgIpc) is 3.10. The third-order valence-electron chi connectivity index (χ3n) is 4.98. The van der Waals surface area contributed by atoms with Crippen LogP contribution in [0.15, 0.2) is 54.6 Å². The Labute approximate surface area is 180 Å². The zero-order valence-corrected chi connectivity index (χ0v) is 16.6. The molecule has 0 bridgehead atoms. The average molecular weight is 446 g/mol. The Morgan fingerprint density at radius 3 is 2.48 bits per heavy atom. The van der Waals surface area contributed by atoms with Crippen molar-refractivity contribution >= 4 is 29.0 Å². The lowest BCUT2D eigenvalue weighted by Crippen LogP contribution is -2.35. The van der Waals surface area contributed by atoms with Gasteiger partial charge in [-0.3, -0.25) is 4.79 Å². The number of nitriles is 1. The normalized spacial score (nSPS) is 17.9. The summed E-state index contributed by atoms with van der Waals surface area (Å²) in [6.45, 7) is 0. The summed E-state index contributed by atoms with van der Waals surface area (Å²) in [5.41, 5.74) is 1.10. The molecule has 10 heteroatoms. The van der Waals surface area contributed by atoms with Gasteiger partial charge in [-0.1, -0.05) is 41.9 Å². The van der Waals surface area contributed by atoms with Crippen LogP contribution in [-0.4, -0.2) is 21.9 Å². The van der Waals surface area contributed by atoms with Crippen LogP contribution in [-0.2, 0) is 0 Å². The van der Waals surface area contributed by atoms with Crippen molar-refractivity contribution < 1.29 is 18.0 Å². The highest BCUT2D eigenvalue weighted by Crippen LogP contribution is 2.46. The Hall–Kier alpha value is -3.51. The molecular weight excluding hydrogens is 431 g/mol. The molecule has 4 rings (SSSR count). The summed E-state index contributed by atoms with van der Waals surface area (Å²) in [5.74, 6) is -0.815. The minimum Gasteiger partial charge on any atom is -0.362 e. The minimum absolute atomic E-state index is 0.0610. The predicted octanol–water partition coefficient (Wildman–Crippen LogP) is 5.32. The molecule has 2 atom stereocenters. The molecule has 6 nitrogen and oxygen atoms in total. The number of benzene rings is 2. The summed E-state index contributed by atoms with van der Waals surface area (Å²) in [5, 5.41) is 18.1. The van der Waals surface area contributed by atoms with Crippen molar-refractivity contribution in [2.75, 3.05) is 10.6 Å². The number of hydrogen-bond donors (Lipinski definition) is 2. The van der Waals surface area contributed by atoms with E-state index in [1.54, 1.807) is 30.3 Å². The van der Waals surface area contributed by atoms with Crippen molar-refractivity contribution in [3.05, 3.63) is 76.4 Å². The largest absolute Gasteiger partial charge is 0.410 e. The highest BCUT2D eigenvalue weighted by Gasteiger charge is 2.47. The zero-order valence-electron chi connectivity index (χ0n) is 15.8. The molecule has 0 saturated heterocycles. The van der Waals surface area contributed by atoms with Crippen LogP contribution in [0, 0.1) is 11.3 Å². The quantitative estimate of drug-likeness (QED) is 0.571. The van der Waals surface area contributed by atoms with E-state index < -0.39 is 24.2 Å². The molecule has 0 saturated carbocycles. The van der Waals surface area contributed by atoms with Gasteiger partial charge in [0, 0.05) is 12.1 Å². The molecule has 31 heavy (non-hydrogen) atoms. The number of alkyl halides is 3. The number of nitrogens with zero attached hydrogens (tertiary/aromatic N) is 3. The fourth-order valence-electron chi connectivity index (χ4n) is 3.46. The maximum atomic E-state index is 13.8. The highest BCUT2D eigenvalue weighted by atomic mass is 35.5. The van der Waals surface area contributed by atoms with Crippen LogP contribution >= 0.6 is 11.6 Å². The van der Waals surface area contributed by atoms with Gasteiger partial charge in [0.2, 0.25) is 0 Å². The van der Waals surface area contributed by atoms with E-state index >= 15 is 0 Å². The van der Waals surface area contributed by atoms with Crippen LogP contribution in [0.4, 0.5) is 24.7 Å². The van der Waals surface area contributed by atoms with Gasteiger partial charge in [-0.15, -0.1) is 0 Å². The number of carbonyl (C=O) groups excluding carboxylic acids is 1. The fourth-order valence-corrected chi connectivity index (χ4v) is 3.72. The summed E-state index contributed by atoms with van der Waals surface area (Å²) in [6.07, 6.45) is -4.88. The zero-order chi connectivity index (χ0) is 22.2. The van der Waals surface area contributed by atoms with Gasteiger partial charge in [-0.25, -0.2) is 4.68 Å². The Kier molecular flexibility index (Phi) is 5.33. The number of fused-ring (bicyclic) bond motifs is 1. The summed E-state index contributed by atoms with van der Waals surface area (Å²) < 4.78 is 42.2. The number of halogens is 4. The number of aromatic nitrogens is 2. The van der Waals surface area contributed by atoms with Crippen molar-refractivity contribution in [1.29, 1.82) is 5.26 Å². The topological polar surface area (TPSA) is 82.7 Å². The molecule has 3 aromatic rings. The fraction of sp³-hybridized carbons (Fsp3) is 0.190. The first-order chi connectivity index (χ1) is 14.8. The number of hydrogen-bond acceptors (Lipinski definition) is 4. The second-order valence-corrected chi connectivity index (χ2v) is 7.38. The van der Waals surface area contributed by atoms with Crippen LogP contribution in [0.25, 0.3) is 0 Å². The molecule has 0 unspecified atom stereocenters. The molecular formula is C21H15ClF3N5O. The number of nitrogens with one attached hydrogen (secondary N) is 2. The lowest BCUT2D eigenvalue weighted by molar-refractivity contribution is -0.173. The number of rotatable bonds is 3. The molecule has 0 spiro atoms. The molecule has 2 heterocycles. The van der Waals surface area contributed by atoms with Gasteiger partial charge in [0.1, 0.15) is 10.8 Å². The maximum Gasteiger partial charge on any atom is 0.410 e. The van der Waals surface area contributed by atoms with E-state index in [2.05, 4.69) is 15.7 Å². The van der Waals surface area contributed by atoms with Crippen LogP contribution in [0.5, 0.6) is 0 Å². The highest BCUT2D eigenvalue weighted by molar-refractivity contribution is 6.36. The lowest BCUT2D eigenvalue weighted by Gasteiger charge is -2.33. The molecule has 0 fully saturated rings. The maximum absolute atomic E-state index is 13.8. The summed E-state index contributed by atoms with van der Waals surface area (Å²) in [7, 11) is 0. The van der Waals surface area contributed by atoms with Gasteiger partial charge in [0.25, 0.3) is 5.91 Å². The lowest BCUT2D eigenvalue weighted by atomic mass is 9.97. The second-order valence-electron chi connectivity index (χ2n) is 7.00. The SMILES string of the molecule is N#Cc1ccc(NC(=O)c2nn3c(c2Cl)N[C@@H](c2ccccc2)C[C@@H]3C(F)(F)F)cc1. The number of amides is 1. The van der Waals surface area contributed by atoms with Crippen LogP contribution in [0.3, 0.4) is 0 Å². The van der Waals surface area contributed by atoms with E-state index in [4.69, 9.17) is 16.9 Å². The first-order valence-electron chi connectivity index (χ1n) is 9.25. The minimum atomic E-state index is -4.58. The summed E-state index contributed by atoms with van der Waals surface area (Å²) >= 11 is 6.30. The summed E-state index contributed by atoms with van der Waals surface area (Å²) in [6, 6.07) is 14.1. The molecule has 1 aromatic heterocycles. The molecule has 1 aliphatic rings. The smallest absolute Gasteiger partial charge is 0.362 e. The number of carbonyl (C=O) groups is 1. The molecule has 2 N–H and O–H groups in total. The van der Waals surface area contributed by atoms with Crippen molar-refractivity contribution in [3.8, 4) is 6.07 Å². The first kappa shape index (κ1) is 20.8. The van der Waals surface area contributed by atoms with Gasteiger partial charge in [-0.05, 0) is 29.8 Å². The predicted molar refractivity (Wildman–Crippen MR) is 109 cm³/mol. The van der Waals surface area contributed by atoms with E-state index in [1.807, 2.05) is 6.07 Å². The Balaban J connectivity index is 1.68. The Bertz CT molecular complexity index is 1150. The molecule has 1 amide bonds. The van der Waals surface area contributed by atoms with E-state index in [0.717, 1.165) is 4.68 Å². The third kappa shape index (κ3) is 4.07. The molecule has 0 radical (unpaired) electrons. The van der Waals surface area contributed by atoms with Crippen LogP contribution in [0.2, 0.25) is 5.02 Å². The van der Waals surface area contributed by atoms with Gasteiger partial charge in [-0.2, -0.15) is 23.5 Å². The standard InChI is InChI=1S/C21H15ClF3N5O/c22-17-18(20(31)27-14-8-6-12(11-26)7-9-14)29-30-16(21(23,24)25)10-15(28-19(17)30)13-4-2-1-3-5-13/h1-9,15-16,28H,10H2,(H,27,31)/t15-,16-/m1/s1. The van der Waals surface area contributed by atoms with E-state index in [9.17, 15) is 18.0 Å². The summed E-state index contributed by atoms with van der Waals surface area (Å²) in [4.78, 5) is 12.7. The van der Waals surface area contributed by atoms with Gasteiger partial charge in [0.15, 0.2) is 11.7 Å². The van der Waals surface area contributed by atoms with Gasteiger partial charge in [0.05, 0.1) is 17.7 Å². The van der Waals surface area contributed by atoms with E-state index in [-0.39, 0.29) is 23.0 Å². The molecule has 1 aliphatic heterocycles. The third-order valence-corrected chi connectivity index (χ3v) is 5.34. The van der Waals surface area contributed by atoms with Crippen molar-refractivity contribution in [1.82, 2.24) is 9.78 Å². The van der Waals surface area contributed by atoms with Gasteiger partial charge < -0.3 is 10.6 Å². The van der Waals surface area contributed by atoms with Crippen molar-refractivity contribution in [2.45, 2.75) is 24.7 Å². The number of anilines is 2. The van der Waals surface area contributed by atoms with Gasteiger partial charge >= 0.3 is 6.18 Å². The van der Waals surface area contributed by atoms with E-state index in [1.165, 1.54) is 24.3 Å². The Morgan fingerprint density at radius 1 is 1.19 bits per heavy atom. The first-order valence-corrected chi connectivity index (χ1v) is 9.63. The molecule has 158 valence electrons. The van der Waals surface area contributed by atoms with Crippen LogP contribution < -0.4 is 10.6 Å². The van der Waals surface area contributed by atoms with Crippen molar-refractivity contribution in [3.63, 3.8) is 0 Å². The monoisotopic (exact) mass is 445 g/mol. The molecule has 2 aromatic carbocycles. The molecule has 0 aliphatic carbocycles. The second kappa shape index (κ2) is 7.96. The van der Waals surface area contributed by atoms with Crippen molar-refractivity contribution in [2.24, 2.45) is 0 Å².